The van der Waals surface area contributed by atoms with Crippen LogP contribution in [0.1, 0.15) is 34.8 Å². The normalized spacial score (nSPS) is 13.0. The average molecular weight is 342 g/mol. The number of carbonyl (C=O) groups is 2. The molecule has 0 saturated heterocycles. The third-order valence-electron chi connectivity index (χ3n) is 4.04. The lowest BCUT2D eigenvalue weighted by atomic mass is 9.99. The summed E-state index contributed by atoms with van der Waals surface area (Å²) in [5, 5.41) is 5.34. The summed E-state index contributed by atoms with van der Waals surface area (Å²) in [6, 6.07) is 10.1. The maximum Gasteiger partial charge on any atom is 0.254 e. The molecule has 6 heteroatoms. The molecule has 2 aromatic carbocycles. The molecule has 2 N–H and O–H groups in total. The summed E-state index contributed by atoms with van der Waals surface area (Å²) < 4.78 is 19.8. The maximum atomic E-state index is 14.2. The average Bonchev–Trinajstić information content (AvgIpc) is 2.60. The molecule has 0 aliphatic carbocycles. The molecule has 0 radical (unpaired) electrons. The van der Waals surface area contributed by atoms with Crippen molar-refractivity contribution in [3.05, 3.63) is 58.9 Å². The van der Waals surface area contributed by atoms with E-state index in [0.29, 0.717) is 30.9 Å². The van der Waals surface area contributed by atoms with E-state index >= 15 is 0 Å². The Morgan fingerprint density at radius 3 is 2.88 bits per heavy atom. The van der Waals surface area contributed by atoms with Crippen LogP contribution in [0.5, 0.6) is 5.75 Å². The van der Waals surface area contributed by atoms with Gasteiger partial charge in [-0.3, -0.25) is 9.59 Å². The van der Waals surface area contributed by atoms with Crippen molar-refractivity contribution >= 4 is 17.5 Å². The molecule has 1 aliphatic heterocycles. The molecular weight excluding hydrogens is 323 g/mol. The number of nitrogens with one attached hydrogen (secondary N) is 2. The maximum absolute atomic E-state index is 14.2. The fourth-order valence-electron chi connectivity index (χ4n) is 2.79. The van der Waals surface area contributed by atoms with E-state index in [0.717, 1.165) is 11.1 Å². The van der Waals surface area contributed by atoms with Crippen molar-refractivity contribution in [2.75, 3.05) is 11.9 Å². The topological polar surface area (TPSA) is 67.4 Å². The van der Waals surface area contributed by atoms with Crippen molar-refractivity contribution in [1.82, 2.24) is 5.32 Å². The zero-order valence-electron chi connectivity index (χ0n) is 13.9. The lowest BCUT2D eigenvalue weighted by molar-refractivity contribution is -0.116. The molecule has 2 amide bonds. The Kier molecular flexibility index (Phi) is 4.97. The zero-order valence-corrected chi connectivity index (χ0v) is 13.9. The molecule has 130 valence electrons. The Labute approximate surface area is 145 Å². The second kappa shape index (κ2) is 7.34. The van der Waals surface area contributed by atoms with Gasteiger partial charge in [-0.1, -0.05) is 18.2 Å². The quantitative estimate of drug-likeness (QED) is 0.878. The smallest absolute Gasteiger partial charge is 0.254 e. The SMILES string of the molecule is CCOc1ccccc1CNC(=O)c1cc2c(cc1F)NC(=O)CC2. The van der Waals surface area contributed by atoms with E-state index in [2.05, 4.69) is 10.6 Å². The third-order valence-corrected chi connectivity index (χ3v) is 4.04. The highest BCUT2D eigenvalue weighted by Crippen LogP contribution is 2.26. The van der Waals surface area contributed by atoms with Gasteiger partial charge >= 0.3 is 0 Å². The first-order chi connectivity index (χ1) is 12.1. The van der Waals surface area contributed by atoms with Gasteiger partial charge in [-0.2, -0.15) is 0 Å². The highest BCUT2D eigenvalue weighted by molar-refractivity contribution is 5.98. The molecule has 0 unspecified atom stereocenters. The molecule has 0 fully saturated rings. The van der Waals surface area contributed by atoms with Crippen molar-refractivity contribution in [3.8, 4) is 5.75 Å². The third kappa shape index (κ3) is 3.79. The first-order valence-electron chi connectivity index (χ1n) is 8.19. The van der Waals surface area contributed by atoms with Gasteiger partial charge in [-0.05, 0) is 37.1 Å². The van der Waals surface area contributed by atoms with Crippen LogP contribution in [0, 0.1) is 5.82 Å². The van der Waals surface area contributed by atoms with Crippen LogP contribution < -0.4 is 15.4 Å². The highest BCUT2D eigenvalue weighted by atomic mass is 19.1. The van der Waals surface area contributed by atoms with Gasteiger partial charge in [0, 0.05) is 24.2 Å². The zero-order chi connectivity index (χ0) is 17.8. The standard InChI is InChI=1S/C19H19FN2O3/c1-2-25-17-6-4-3-5-13(17)11-21-19(24)14-9-12-7-8-18(23)22-16(12)10-15(14)20/h3-6,9-10H,2,7-8,11H2,1H3,(H,21,24)(H,22,23). The van der Waals surface area contributed by atoms with Gasteiger partial charge in [-0.15, -0.1) is 0 Å². The van der Waals surface area contributed by atoms with Gasteiger partial charge < -0.3 is 15.4 Å². The summed E-state index contributed by atoms with van der Waals surface area (Å²) >= 11 is 0. The highest BCUT2D eigenvalue weighted by Gasteiger charge is 2.20. The lowest BCUT2D eigenvalue weighted by Crippen LogP contribution is -2.25. The Morgan fingerprint density at radius 2 is 2.08 bits per heavy atom. The molecule has 0 atom stereocenters. The molecule has 0 bridgehead atoms. The van der Waals surface area contributed by atoms with E-state index in [-0.39, 0.29) is 18.0 Å². The summed E-state index contributed by atoms with van der Waals surface area (Å²) in [6.45, 7) is 2.65. The van der Waals surface area contributed by atoms with E-state index in [1.807, 2.05) is 31.2 Å². The number of hydrogen-bond acceptors (Lipinski definition) is 3. The van der Waals surface area contributed by atoms with Crippen molar-refractivity contribution < 1.29 is 18.7 Å². The van der Waals surface area contributed by atoms with Crippen LogP contribution in [0.2, 0.25) is 0 Å². The molecule has 0 spiro atoms. The number of rotatable bonds is 5. The molecule has 3 rings (SSSR count). The van der Waals surface area contributed by atoms with E-state index in [4.69, 9.17) is 4.74 Å². The van der Waals surface area contributed by atoms with Crippen molar-refractivity contribution in [2.45, 2.75) is 26.3 Å². The summed E-state index contributed by atoms with van der Waals surface area (Å²) in [4.78, 5) is 23.8. The van der Waals surface area contributed by atoms with Crippen LogP contribution in [0.4, 0.5) is 10.1 Å². The minimum absolute atomic E-state index is 0.0243. The summed E-state index contributed by atoms with van der Waals surface area (Å²) in [7, 11) is 0. The Hall–Kier alpha value is -2.89. The van der Waals surface area contributed by atoms with Gasteiger partial charge in [0.2, 0.25) is 5.91 Å². The van der Waals surface area contributed by atoms with Gasteiger partial charge in [0.05, 0.1) is 12.2 Å². The summed E-state index contributed by atoms with van der Waals surface area (Å²) in [5.74, 6) is -0.601. The minimum Gasteiger partial charge on any atom is -0.494 e. The number of fused-ring (bicyclic) bond motifs is 1. The summed E-state index contributed by atoms with van der Waals surface area (Å²) in [6.07, 6.45) is 0.830. The molecular formula is C19H19FN2O3. The van der Waals surface area contributed by atoms with Gasteiger partial charge in [0.15, 0.2) is 0 Å². The number of amides is 2. The van der Waals surface area contributed by atoms with Crippen LogP contribution >= 0.6 is 0 Å². The monoisotopic (exact) mass is 342 g/mol. The van der Waals surface area contributed by atoms with Crippen LogP contribution in [0.25, 0.3) is 0 Å². The van der Waals surface area contributed by atoms with Crippen LogP contribution in [-0.4, -0.2) is 18.4 Å². The predicted molar refractivity (Wildman–Crippen MR) is 92.1 cm³/mol. The van der Waals surface area contributed by atoms with Crippen LogP contribution in [0.15, 0.2) is 36.4 Å². The number of hydrogen-bond donors (Lipinski definition) is 2. The van der Waals surface area contributed by atoms with Gasteiger partial charge in [-0.25, -0.2) is 4.39 Å². The molecule has 5 nitrogen and oxygen atoms in total. The second-order valence-electron chi connectivity index (χ2n) is 5.76. The number of carbonyl (C=O) groups excluding carboxylic acids is 2. The molecule has 1 aliphatic rings. The number of aryl methyl sites for hydroxylation is 1. The fourth-order valence-corrected chi connectivity index (χ4v) is 2.79. The molecule has 25 heavy (non-hydrogen) atoms. The number of benzene rings is 2. The van der Waals surface area contributed by atoms with E-state index in [1.165, 1.54) is 12.1 Å². The first-order valence-corrected chi connectivity index (χ1v) is 8.19. The van der Waals surface area contributed by atoms with Crippen LogP contribution in [-0.2, 0) is 17.8 Å². The fraction of sp³-hybridized carbons (Fsp3) is 0.263. The van der Waals surface area contributed by atoms with Crippen molar-refractivity contribution in [1.29, 1.82) is 0 Å². The molecule has 0 aromatic heterocycles. The number of ether oxygens (including phenoxy) is 1. The van der Waals surface area contributed by atoms with E-state index < -0.39 is 11.7 Å². The van der Waals surface area contributed by atoms with E-state index in [9.17, 15) is 14.0 Å². The summed E-state index contributed by atoms with van der Waals surface area (Å²) in [5.41, 5.74) is 2.00. The Balaban J connectivity index is 1.75. The number of halogens is 1. The Morgan fingerprint density at radius 1 is 1.28 bits per heavy atom. The molecule has 1 heterocycles. The van der Waals surface area contributed by atoms with E-state index in [1.54, 1.807) is 0 Å². The first kappa shape index (κ1) is 17.0. The Bertz CT molecular complexity index is 820. The minimum atomic E-state index is -0.656. The van der Waals surface area contributed by atoms with Crippen LogP contribution in [0.3, 0.4) is 0 Å². The second-order valence-corrected chi connectivity index (χ2v) is 5.76. The molecule has 2 aromatic rings. The van der Waals surface area contributed by atoms with Gasteiger partial charge in [0.25, 0.3) is 5.91 Å². The number of para-hydroxylation sites is 1. The lowest BCUT2D eigenvalue weighted by Gasteiger charge is -2.18. The molecule has 0 saturated carbocycles. The number of anilines is 1. The van der Waals surface area contributed by atoms with Crippen molar-refractivity contribution in [3.63, 3.8) is 0 Å². The van der Waals surface area contributed by atoms with Crippen molar-refractivity contribution in [2.24, 2.45) is 0 Å². The largest absolute Gasteiger partial charge is 0.494 e. The van der Waals surface area contributed by atoms with Gasteiger partial charge in [0.1, 0.15) is 11.6 Å². The predicted octanol–water partition coefficient (Wildman–Crippen LogP) is 3.04.